The highest BCUT2D eigenvalue weighted by Gasteiger charge is 2.31. The third kappa shape index (κ3) is 7.34. The van der Waals surface area contributed by atoms with Gasteiger partial charge in [0.2, 0.25) is 17.7 Å². The summed E-state index contributed by atoms with van der Waals surface area (Å²) in [5.41, 5.74) is 2.08. The molecule has 9 nitrogen and oxygen atoms in total. The molecule has 1 aliphatic carbocycles. The molecule has 2 aromatic rings. The first kappa shape index (κ1) is 27.6. The summed E-state index contributed by atoms with van der Waals surface area (Å²) in [6.07, 6.45) is 5.11. The molecule has 0 radical (unpaired) electrons. The Morgan fingerprint density at radius 1 is 0.974 bits per heavy atom. The molecule has 2 N–H and O–H groups in total. The minimum absolute atomic E-state index is 0.0792. The minimum Gasteiger partial charge on any atom is -0.486 e. The maximum absolute atomic E-state index is 13.5. The van der Waals surface area contributed by atoms with Crippen LogP contribution in [-0.4, -0.2) is 58.7 Å². The van der Waals surface area contributed by atoms with E-state index in [1.54, 1.807) is 37.3 Å². The van der Waals surface area contributed by atoms with Crippen LogP contribution in [0.1, 0.15) is 44.6 Å². The van der Waals surface area contributed by atoms with E-state index in [2.05, 4.69) is 10.6 Å². The third-order valence-electron chi connectivity index (χ3n) is 6.70. The van der Waals surface area contributed by atoms with Crippen LogP contribution >= 0.6 is 0 Å². The summed E-state index contributed by atoms with van der Waals surface area (Å²) in [5.74, 6) is -0.951. The van der Waals surface area contributed by atoms with E-state index in [9.17, 15) is 18.6 Å². The molecule has 2 aromatic carbocycles. The standard InChI is InChI=1S/C28H35N3O6S/c1-19-8-10-22(11-9-19)29-26(32)17-38(35)18-27(33)31(20(2)28(34)30-21-6-4-3-5-7-21)23-12-13-24-25(16-23)37-15-14-36-24/h8-13,16,20-21H,3-7,14-15,17-18H2,1-2H3,(H,29,32)(H,30,34)/t20-,38+/m0/s1. The van der Waals surface area contributed by atoms with Gasteiger partial charge in [-0.25, -0.2) is 0 Å². The lowest BCUT2D eigenvalue weighted by atomic mass is 9.95. The van der Waals surface area contributed by atoms with Crippen LogP contribution in [0.25, 0.3) is 0 Å². The van der Waals surface area contributed by atoms with Crippen molar-refractivity contribution in [2.75, 3.05) is 34.9 Å². The average Bonchev–Trinajstić information content (AvgIpc) is 2.90. The summed E-state index contributed by atoms with van der Waals surface area (Å²) in [7, 11) is -1.78. The predicted molar refractivity (Wildman–Crippen MR) is 147 cm³/mol. The van der Waals surface area contributed by atoms with E-state index in [0.717, 1.165) is 37.7 Å². The maximum Gasteiger partial charge on any atom is 0.243 e. The van der Waals surface area contributed by atoms with Crippen LogP contribution in [0.3, 0.4) is 0 Å². The van der Waals surface area contributed by atoms with Crippen molar-refractivity contribution in [1.82, 2.24) is 5.32 Å². The number of hydrogen-bond donors (Lipinski definition) is 2. The van der Waals surface area contributed by atoms with Crippen LogP contribution < -0.4 is 25.0 Å². The van der Waals surface area contributed by atoms with Crippen molar-refractivity contribution in [3.63, 3.8) is 0 Å². The molecule has 2 atom stereocenters. The number of carbonyl (C=O) groups excluding carboxylic acids is 3. The van der Waals surface area contributed by atoms with Crippen LogP contribution in [0.5, 0.6) is 11.5 Å². The smallest absolute Gasteiger partial charge is 0.243 e. The summed E-state index contributed by atoms with van der Waals surface area (Å²) in [6.45, 7) is 4.40. The van der Waals surface area contributed by atoms with Crippen molar-refractivity contribution in [1.29, 1.82) is 0 Å². The normalized spacial score (nSPS) is 16.7. The monoisotopic (exact) mass is 541 g/mol. The second-order valence-electron chi connectivity index (χ2n) is 9.75. The van der Waals surface area contributed by atoms with Crippen molar-refractivity contribution in [3.05, 3.63) is 48.0 Å². The van der Waals surface area contributed by atoms with Gasteiger partial charge in [-0.05, 0) is 51.0 Å². The topological polar surface area (TPSA) is 114 Å². The zero-order valence-electron chi connectivity index (χ0n) is 21.9. The molecule has 38 heavy (non-hydrogen) atoms. The van der Waals surface area contributed by atoms with Crippen LogP contribution in [0, 0.1) is 6.92 Å². The lowest BCUT2D eigenvalue weighted by Crippen LogP contribution is -2.52. The van der Waals surface area contributed by atoms with Gasteiger partial charge in [-0.15, -0.1) is 0 Å². The van der Waals surface area contributed by atoms with Gasteiger partial charge in [0.1, 0.15) is 30.8 Å². The molecule has 10 heteroatoms. The minimum atomic E-state index is -1.78. The summed E-state index contributed by atoms with van der Waals surface area (Å²) < 4.78 is 24.1. The summed E-state index contributed by atoms with van der Waals surface area (Å²) in [5, 5.41) is 5.78. The SMILES string of the molecule is Cc1ccc(NC(=O)C[S@@](=O)CC(=O)N(c2ccc3c(c2)OCCO3)[C@@H](C)C(=O)NC2CCCCC2)cc1. The van der Waals surface area contributed by atoms with Gasteiger partial charge in [0.15, 0.2) is 11.5 Å². The molecule has 0 spiro atoms. The van der Waals surface area contributed by atoms with Gasteiger partial charge >= 0.3 is 0 Å². The lowest BCUT2D eigenvalue weighted by molar-refractivity contribution is -0.126. The lowest BCUT2D eigenvalue weighted by Gasteiger charge is -2.31. The van der Waals surface area contributed by atoms with Crippen molar-refractivity contribution >= 4 is 39.9 Å². The number of nitrogens with zero attached hydrogens (tertiary/aromatic N) is 1. The maximum atomic E-state index is 13.5. The van der Waals surface area contributed by atoms with E-state index in [4.69, 9.17) is 9.47 Å². The van der Waals surface area contributed by atoms with Crippen LogP contribution in [0.15, 0.2) is 42.5 Å². The number of benzene rings is 2. The van der Waals surface area contributed by atoms with E-state index in [1.807, 2.05) is 19.1 Å². The Labute approximate surface area is 225 Å². The molecule has 0 bridgehead atoms. The number of fused-ring (bicyclic) bond motifs is 1. The first-order valence-electron chi connectivity index (χ1n) is 13.0. The fourth-order valence-corrected chi connectivity index (χ4v) is 5.57. The average molecular weight is 542 g/mol. The molecule has 1 heterocycles. The number of aryl methyl sites for hydroxylation is 1. The highest BCUT2D eigenvalue weighted by atomic mass is 32.2. The molecule has 0 aromatic heterocycles. The van der Waals surface area contributed by atoms with Crippen LogP contribution in [0.4, 0.5) is 11.4 Å². The number of ether oxygens (including phenoxy) is 2. The van der Waals surface area contributed by atoms with Gasteiger partial charge in [0, 0.05) is 34.3 Å². The van der Waals surface area contributed by atoms with Gasteiger partial charge in [-0.1, -0.05) is 37.0 Å². The van der Waals surface area contributed by atoms with E-state index in [1.165, 1.54) is 4.90 Å². The first-order valence-corrected chi connectivity index (χ1v) is 14.5. The van der Waals surface area contributed by atoms with E-state index in [-0.39, 0.29) is 17.7 Å². The first-order chi connectivity index (χ1) is 18.3. The molecule has 204 valence electrons. The summed E-state index contributed by atoms with van der Waals surface area (Å²) in [4.78, 5) is 40.5. The number of rotatable bonds is 9. The molecule has 0 saturated heterocycles. The molecule has 2 aliphatic rings. The van der Waals surface area contributed by atoms with Crippen molar-refractivity contribution in [2.45, 2.75) is 58.0 Å². The molecule has 0 unspecified atom stereocenters. The number of anilines is 2. The number of nitrogens with one attached hydrogen (secondary N) is 2. The van der Waals surface area contributed by atoms with Gasteiger partial charge < -0.3 is 20.1 Å². The van der Waals surface area contributed by atoms with E-state index >= 15 is 0 Å². The largest absolute Gasteiger partial charge is 0.486 e. The molecule has 3 amide bonds. The Bertz CT molecular complexity index is 1180. The van der Waals surface area contributed by atoms with Gasteiger partial charge in [-0.3, -0.25) is 23.5 Å². The van der Waals surface area contributed by atoms with Crippen LogP contribution in [0.2, 0.25) is 0 Å². The fraction of sp³-hybridized carbons (Fsp3) is 0.464. The Morgan fingerprint density at radius 3 is 2.37 bits per heavy atom. The summed E-state index contributed by atoms with van der Waals surface area (Å²) in [6, 6.07) is 11.5. The Hall–Kier alpha value is -3.40. The zero-order valence-corrected chi connectivity index (χ0v) is 22.7. The predicted octanol–water partition coefficient (Wildman–Crippen LogP) is 3.32. The molecule has 1 fully saturated rings. The fourth-order valence-electron chi connectivity index (χ4n) is 4.69. The van der Waals surface area contributed by atoms with E-state index < -0.39 is 34.4 Å². The second kappa shape index (κ2) is 12.9. The second-order valence-corrected chi connectivity index (χ2v) is 11.2. The van der Waals surface area contributed by atoms with Gasteiger partial charge in [-0.2, -0.15) is 0 Å². The van der Waals surface area contributed by atoms with Gasteiger partial charge in [0.05, 0.1) is 0 Å². The molecule has 1 aliphatic heterocycles. The van der Waals surface area contributed by atoms with Crippen molar-refractivity contribution in [2.24, 2.45) is 0 Å². The number of amides is 3. The van der Waals surface area contributed by atoms with Crippen LogP contribution in [-0.2, 0) is 25.2 Å². The third-order valence-corrected chi connectivity index (χ3v) is 7.86. The van der Waals surface area contributed by atoms with Crippen molar-refractivity contribution < 1.29 is 28.1 Å². The highest BCUT2D eigenvalue weighted by molar-refractivity contribution is 7.86. The van der Waals surface area contributed by atoms with Gasteiger partial charge in [0.25, 0.3) is 0 Å². The number of hydrogen-bond acceptors (Lipinski definition) is 6. The zero-order chi connectivity index (χ0) is 27.1. The quantitative estimate of drug-likeness (QED) is 0.504. The molecule has 4 rings (SSSR count). The Kier molecular flexibility index (Phi) is 9.38. The molecular formula is C28H35N3O6S. The molecule has 1 saturated carbocycles. The van der Waals surface area contributed by atoms with E-state index in [0.29, 0.717) is 36.1 Å². The summed E-state index contributed by atoms with van der Waals surface area (Å²) >= 11 is 0. The number of carbonyl (C=O) groups is 3. The molecular weight excluding hydrogens is 506 g/mol. The highest BCUT2D eigenvalue weighted by Crippen LogP contribution is 2.35. The Morgan fingerprint density at radius 2 is 1.66 bits per heavy atom. The Balaban J connectivity index is 1.46. The van der Waals surface area contributed by atoms with Crippen molar-refractivity contribution in [3.8, 4) is 11.5 Å².